The first kappa shape index (κ1) is 18.5. The SMILES string of the molecule is COC(=O)N1CCCN(C(=O)c2ccc(N3CCCS3(=O)=O)cc2)CC1. The second kappa shape index (κ2) is 7.53. The minimum atomic E-state index is -3.23. The lowest BCUT2D eigenvalue weighted by Gasteiger charge is -2.22. The monoisotopic (exact) mass is 381 g/mol. The van der Waals surface area contributed by atoms with E-state index in [1.807, 2.05) is 0 Å². The van der Waals surface area contributed by atoms with Crippen molar-refractivity contribution >= 4 is 27.7 Å². The molecular weight excluding hydrogens is 358 g/mol. The number of hydrogen-bond donors (Lipinski definition) is 0. The Bertz CT molecular complexity index is 778. The molecule has 9 heteroatoms. The van der Waals surface area contributed by atoms with E-state index in [0.717, 1.165) is 0 Å². The van der Waals surface area contributed by atoms with Crippen LogP contribution < -0.4 is 4.31 Å². The number of anilines is 1. The predicted molar refractivity (Wildman–Crippen MR) is 96.7 cm³/mol. The molecule has 0 aromatic heterocycles. The number of rotatable bonds is 2. The number of carbonyl (C=O) groups is 2. The topological polar surface area (TPSA) is 87.2 Å². The molecule has 3 rings (SSSR count). The fraction of sp³-hybridized carbons (Fsp3) is 0.529. The van der Waals surface area contributed by atoms with Gasteiger partial charge in [0.05, 0.1) is 18.6 Å². The molecule has 1 aromatic rings. The van der Waals surface area contributed by atoms with Gasteiger partial charge in [0.1, 0.15) is 0 Å². The first-order valence-corrected chi connectivity index (χ1v) is 10.3. The van der Waals surface area contributed by atoms with Crippen LogP contribution >= 0.6 is 0 Å². The highest BCUT2D eigenvalue weighted by Gasteiger charge is 2.29. The van der Waals surface area contributed by atoms with Crippen molar-refractivity contribution in [2.75, 3.05) is 49.9 Å². The van der Waals surface area contributed by atoms with Crippen molar-refractivity contribution in [1.29, 1.82) is 0 Å². The quantitative estimate of drug-likeness (QED) is 0.767. The molecule has 0 aliphatic carbocycles. The van der Waals surface area contributed by atoms with Gasteiger partial charge in [0, 0.05) is 38.3 Å². The zero-order valence-electron chi connectivity index (χ0n) is 14.8. The number of amides is 2. The number of ether oxygens (including phenoxy) is 1. The Morgan fingerprint density at radius 3 is 2.19 bits per heavy atom. The Kier molecular flexibility index (Phi) is 5.36. The summed E-state index contributed by atoms with van der Waals surface area (Å²) in [5.41, 5.74) is 1.10. The third-order valence-corrected chi connectivity index (χ3v) is 6.59. The molecule has 2 aliphatic rings. The van der Waals surface area contributed by atoms with Crippen LogP contribution in [0.1, 0.15) is 23.2 Å². The highest BCUT2D eigenvalue weighted by atomic mass is 32.2. The Morgan fingerprint density at radius 1 is 0.923 bits per heavy atom. The van der Waals surface area contributed by atoms with Gasteiger partial charge < -0.3 is 14.5 Å². The maximum atomic E-state index is 12.7. The summed E-state index contributed by atoms with van der Waals surface area (Å²) >= 11 is 0. The average molecular weight is 381 g/mol. The number of methoxy groups -OCH3 is 1. The van der Waals surface area contributed by atoms with E-state index in [1.165, 1.54) is 11.4 Å². The maximum Gasteiger partial charge on any atom is 0.409 e. The Balaban J connectivity index is 1.67. The van der Waals surface area contributed by atoms with Gasteiger partial charge in [0.15, 0.2) is 0 Å². The van der Waals surface area contributed by atoms with Gasteiger partial charge in [0.25, 0.3) is 5.91 Å². The summed E-state index contributed by atoms with van der Waals surface area (Å²) in [4.78, 5) is 27.7. The fourth-order valence-electron chi connectivity index (χ4n) is 3.31. The molecule has 0 N–H and O–H groups in total. The third kappa shape index (κ3) is 3.77. The van der Waals surface area contributed by atoms with Gasteiger partial charge in [-0.15, -0.1) is 0 Å². The molecule has 0 bridgehead atoms. The Labute approximate surface area is 153 Å². The van der Waals surface area contributed by atoms with Gasteiger partial charge in [-0.2, -0.15) is 0 Å². The van der Waals surface area contributed by atoms with Crippen molar-refractivity contribution in [1.82, 2.24) is 9.80 Å². The van der Waals surface area contributed by atoms with E-state index in [0.29, 0.717) is 56.8 Å². The summed E-state index contributed by atoms with van der Waals surface area (Å²) in [5, 5.41) is 0. The number of benzene rings is 1. The molecule has 2 aliphatic heterocycles. The minimum Gasteiger partial charge on any atom is -0.453 e. The first-order valence-electron chi connectivity index (χ1n) is 8.65. The first-order chi connectivity index (χ1) is 12.4. The van der Waals surface area contributed by atoms with Crippen LogP contribution in [0.15, 0.2) is 24.3 Å². The number of hydrogen-bond acceptors (Lipinski definition) is 5. The smallest absolute Gasteiger partial charge is 0.409 e. The molecule has 1 aromatic carbocycles. The Hall–Kier alpha value is -2.29. The van der Waals surface area contributed by atoms with Gasteiger partial charge in [-0.05, 0) is 37.1 Å². The van der Waals surface area contributed by atoms with Gasteiger partial charge in [-0.3, -0.25) is 9.10 Å². The summed E-state index contributed by atoms with van der Waals surface area (Å²) < 4.78 is 30.1. The van der Waals surface area contributed by atoms with Crippen molar-refractivity contribution < 1.29 is 22.7 Å². The average Bonchev–Trinajstić information content (AvgIpc) is 2.85. The normalized spacial score (nSPS) is 20.0. The highest BCUT2D eigenvalue weighted by molar-refractivity contribution is 7.93. The summed E-state index contributed by atoms with van der Waals surface area (Å²) in [6.45, 7) is 2.47. The fourth-order valence-corrected chi connectivity index (χ4v) is 4.88. The zero-order valence-corrected chi connectivity index (χ0v) is 15.6. The molecule has 2 saturated heterocycles. The lowest BCUT2D eigenvalue weighted by atomic mass is 10.1. The number of carbonyl (C=O) groups excluding carboxylic acids is 2. The van der Waals surface area contributed by atoms with Crippen LogP contribution in [0.4, 0.5) is 10.5 Å². The summed E-state index contributed by atoms with van der Waals surface area (Å²) in [5.74, 6) is 0.0468. The van der Waals surface area contributed by atoms with Crippen LogP contribution in [0.25, 0.3) is 0 Å². The molecule has 2 fully saturated rings. The summed E-state index contributed by atoms with van der Waals surface area (Å²) in [7, 11) is -1.88. The third-order valence-electron chi connectivity index (χ3n) is 4.72. The van der Waals surface area contributed by atoms with E-state index in [9.17, 15) is 18.0 Å². The second-order valence-corrected chi connectivity index (χ2v) is 8.40. The molecule has 0 atom stereocenters. The van der Waals surface area contributed by atoms with Crippen LogP contribution in [-0.4, -0.2) is 75.8 Å². The van der Waals surface area contributed by atoms with Gasteiger partial charge in [-0.25, -0.2) is 13.2 Å². The van der Waals surface area contributed by atoms with E-state index < -0.39 is 10.0 Å². The second-order valence-electron chi connectivity index (χ2n) is 6.39. The summed E-state index contributed by atoms with van der Waals surface area (Å²) in [6, 6.07) is 6.67. The van der Waals surface area contributed by atoms with Gasteiger partial charge >= 0.3 is 6.09 Å². The van der Waals surface area contributed by atoms with Crippen LogP contribution in [-0.2, 0) is 14.8 Å². The molecule has 0 spiro atoms. The van der Waals surface area contributed by atoms with Crippen LogP contribution in [0.3, 0.4) is 0 Å². The molecule has 142 valence electrons. The zero-order chi connectivity index (χ0) is 18.7. The van der Waals surface area contributed by atoms with E-state index >= 15 is 0 Å². The largest absolute Gasteiger partial charge is 0.453 e. The van der Waals surface area contributed by atoms with E-state index in [2.05, 4.69) is 0 Å². The van der Waals surface area contributed by atoms with Crippen molar-refractivity contribution in [2.45, 2.75) is 12.8 Å². The minimum absolute atomic E-state index is 0.118. The molecule has 8 nitrogen and oxygen atoms in total. The van der Waals surface area contributed by atoms with Gasteiger partial charge in [-0.1, -0.05) is 0 Å². The van der Waals surface area contributed by atoms with E-state index in [1.54, 1.807) is 34.1 Å². The van der Waals surface area contributed by atoms with Crippen molar-refractivity contribution in [3.8, 4) is 0 Å². The lowest BCUT2D eigenvalue weighted by molar-refractivity contribution is 0.0757. The molecular formula is C17H23N3O5S. The van der Waals surface area contributed by atoms with Crippen molar-refractivity contribution in [3.05, 3.63) is 29.8 Å². The Morgan fingerprint density at radius 2 is 1.58 bits per heavy atom. The van der Waals surface area contributed by atoms with Crippen LogP contribution in [0.2, 0.25) is 0 Å². The number of sulfonamides is 1. The van der Waals surface area contributed by atoms with E-state index in [4.69, 9.17) is 4.74 Å². The molecule has 26 heavy (non-hydrogen) atoms. The number of nitrogens with zero attached hydrogens (tertiary/aromatic N) is 3. The molecule has 0 radical (unpaired) electrons. The molecule has 0 unspecified atom stereocenters. The van der Waals surface area contributed by atoms with Crippen LogP contribution in [0, 0.1) is 0 Å². The van der Waals surface area contributed by atoms with E-state index in [-0.39, 0.29) is 17.8 Å². The molecule has 0 saturated carbocycles. The van der Waals surface area contributed by atoms with Crippen molar-refractivity contribution in [2.24, 2.45) is 0 Å². The standard InChI is InChI=1S/C17H23N3O5S/c1-25-17(22)19-9-2-8-18(11-12-19)16(21)14-4-6-15(7-5-14)20-10-3-13-26(20,23)24/h4-7H,2-3,8-13H2,1H3. The summed E-state index contributed by atoms with van der Waals surface area (Å²) in [6.07, 6.45) is 0.925. The predicted octanol–water partition coefficient (Wildman–Crippen LogP) is 1.14. The van der Waals surface area contributed by atoms with Gasteiger partial charge in [0.2, 0.25) is 10.0 Å². The lowest BCUT2D eigenvalue weighted by Crippen LogP contribution is -2.37. The van der Waals surface area contributed by atoms with Crippen molar-refractivity contribution in [3.63, 3.8) is 0 Å². The highest BCUT2D eigenvalue weighted by Crippen LogP contribution is 2.24. The van der Waals surface area contributed by atoms with Crippen LogP contribution in [0.5, 0.6) is 0 Å². The maximum absolute atomic E-state index is 12.7. The molecule has 2 amide bonds. The molecule has 2 heterocycles.